The zero-order valence-electron chi connectivity index (χ0n) is 18.4. The molecule has 0 radical (unpaired) electrons. The third-order valence-electron chi connectivity index (χ3n) is 4.52. The molecule has 5 nitrogen and oxygen atoms in total. The van der Waals surface area contributed by atoms with Crippen LogP contribution in [0.1, 0.15) is 73.6 Å². The number of allylic oxidation sites excluding steroid dienone is 2. The molecule has 1 rings (SSSR count). The third kappa shape index (κ3) is 12.4. The normalized spacial score (nSPS) is 15.7. The second-order valence-corrected chi connectivity index (χ2v) is 8.37. The average molecular weight is 381 g/mol. The number of likely N-dealkylation sites (N-methyl/N-ethyl adjacent to an activating group) is 1. The van der Waals surface area contributed by atoms with Crippen LogP contribution in [0.2, 0.25) is 0 Å². The van der Waals surface area contributed by atoms with Gasteiger partial charge in [-0.25, -0.2) is 0 Å². The van der Waals surface area contributed by atoms with Crippen molar-refractivity contribution in [2.45, 2.75) is 84.8 Å². The Hall–Kier alpha value is -1.62. The predicted octanol–water partition coefficient (Wildman–Crippen LogP) is 4.24. The number of hydrogen-bond donors (Lipinski definition) is 1. The number of amides is 1. The predicted molar refractivity (Wildman–Crippen MR) is 113 cm³/mol. The number of carbonyl (C=O) groups excluding carboxylic acids is 2. The molecule has 0 heterocycles. The van der Waals surface area contributed by atoms with Crippen LogP contribution in [-0.4, -0.2) is 48.6 Å². The molecule has 0 aliphatic heterocycles. The highest BCUT2D eigenvalue weighted by Gasteiger charge is 2.26. The van der Waals surface area contributed by atoms with Crippen molar-refractivity contribution in [3.8, 4) is 0 Å². The minimum absolute atomic E-state index is 0.000616. The van der Waals surface area contributed by atoms with Crippen LogP contribution in [0, 0.1) is 0 Å². The van der Waals surface area contributed by atoms with Crippen LogP contribution in [-0.2, 0) is 14.3 Å². The van der Waals surface area contributed by atoms with E-state index >= 15 is 0 Å². The van der Waals surface area contributed by atoms with Gasteiger partial charge in [0.05, 0.1) is 0 Å². The molecule has 1 atom stereocenters. The molecule has 1 amide bonds. The number of unbranched alkanes of at least 4 members (excludes halogenated alkanes) is 1. The maximum atomic E-state index is 11.9. The Kier molecular flexibility index (Phi) is 11.9. The van der Waals surface area contributed by atoms with Gasteiger partial charge in [0.2, 0.25) is 5.91 Å². The Labute approximate surface area is 166 Å². The van der Waals surface area contributed by atoms with Gasteiger partial charge in [-0.1, -0.05) is 38.0 Å². The molecule has 0 aromatic heterocycles. The number of carbonyl (C=O) groups is 2. The van der Waals surface area contributed by atoms with E-state index in [0.717, 1.165) is 32.4 Å². The van der Waals surface area contributed by atoms with E-state index in [2.05, 4.69) is 42.1 Å². The molecule has 27 heavy (non-hydrogen) atoms. The molecule has 0 aromatic carbocycles. The fourth-order valence-electron chi connectivity index (χ4n) is 2.70. The SMILES string of the molecule is CC(C)(C)OC=O.CCCCC(C)(CN(CC1=CCCC=C1)C(C)=O)NC. The molecule has 0 saturated heterocycles. The summed E-state index contributed by atoms with van der Waals surface area (Å²) in [5.41, 5.74) is 0.947. The lowest BCUT2D eigenvalue weighted by Gasteiger charge is -2.35. The van der Waals surface area contributed by atoms with Crippen LogP contribution in [0.4, 0.5) is 0 Å². The lowest BCUT2D eigenvalue weighted by Crippen LogP contribution is -2.51. The summed E-state index contributed by atoms with van der Waals surface area (Å²) >= 11 is 0. The Morgan fingerprint density at radius 2 is 1.96 bits per heavy atom. The highest BCUT2D eigenvalue weighted by Crippen LogP contribution is 2.18. The fraction of sp³-hybridized carbons (Fsp3) is 0.727. The van der Waals surface area contributed by atoms with Gasteiger partial charge in [0.25, 0.3) is 6.47 Å². The average Bonchev–Trinajstić information content (AvgIpc) is 2.60. The van der Waals surface area contributed by atoms with Crippen LogP contribution in [0.5, 0.6) is 0 Å². The smallest absolute Gasteiger partial charge is 0.293 e. The molecule has 1 unspecified atom stereocenters. The quantitative estimate of drug-likeness (QED) is 0.608. The highest BCUT2D eigenvalue weighted by atomic mass is 16.5. The lowest BCUT2D eigenvalue weighted by atomic mass is 9.94. The maximum absolute atomic E-state index is 11.9. The second kappa shape index (κ2) is 12.7. The summed E-state index contributed by atoms with van der Waals surface area (Å²) in [6.45, 7) is 13.5. The van der Waals surface area contributed by atoms with Gasteiger partial charge in [0, 0.05) is 25.6 Å². The molecular formula is C22H40N2O3. The molecule has 156 valence electrons. The van der Waals surface area contributed by atoms with Gasteiger partial charge in [0.1, 0.15) is 5.60 Å². The Bertz CT molecular complexity index is 506. The number of nitrogens with one attached hydrogen (secondary N) is 1. The molecule has 1 aliphatic carbocycles. The van der Waals surface area contributed by atoms with Crippen LogP contribution in [0.3, 0.4) is 0 Å². The molecule has 0 saturated carbocycles. The first-order valence-electron chi connectivity index (χ1n) is 9.98. The van der Waals surface area contributed by atoms with Gasteiger partial charge >= 0.3 is 0 Å². The lowest BCUT2D eigenvalue weighted by molar-refractivity contribution is -0.138. The largest absolute Gasteiger partial charge is 0.462 e. The van der Waals surface area contributed by atoms with Crippen LogP contribution in [0.25, 0.3) is 0 Å². The van der Waals surface area contributed by atoms with E-state index in [9.17, 15) is 9.59 Å². The van der Waals surface area contributed by atoms with E-state index in [1.54, 1.807) is 6.92 Å². The molecule has 1 aliphatic rings. The number of hydrogen-bond acceptors (Lipinski definition) is 4. The van der Waals surface area contributed by atoms with Crippen molar-refractivity contribution in [1.82, 2.24) is 10.2 Å². The van der Waals surface area contributed by atoms with Crippen LogP contribution < -0.4 is 5.32 Å². The van der Waals surface area contributed by atoms with Gasteiger partial charge in [-0.05, 0) is 59.6 Å². The minimum Gasteiger partial charge on any atom is -0.462 e. The van der Waals surface area contributed by atoms with Gasteiger partial charge in [0.15, 0.2) is 0 Å². The van der Waals surface area contributed by atoms with E-state index in [1.807, 2.05) is 32.7 Å². The number of nitrogens with zero attached hydrogens (tertiary/aromatic N) is 1. The van der Waals surface area contributed by atoms with Crippen molar-refractivity contribution in [3.63, 3.8) is 0 Å². The third-order valence-corrected chi connectivity index (χ3v) is 4.52. The fourth-order valence-corrected chi connectivity index (χ4v) is 2.70. The number of rotatable bonds is 9. The van der Waals surface area contributed by atoms with E-state index in [1.165, 1.54) is 18.4 Å². The summed E-state index contributed by atoms with van der Waals surface area (Å²) in [5.74, 6) is 0.155. The van der Waals surface area contributed by atoms with Gasteiger partial charge in [-0.2, -0.15) is 0 Å². The maximum Gasteiger partial charge on any atom is 0.293 e. The summed E-state index contributed by atoms with van der Waals surface area (Å²) in [4.78, 5) is 23.5. The first kappa shape index (κ1) is 25.4. The zero-order chi connectivity index (χ0) is 20.9. The molecule has 5 heteroatoms. The summed E-state index contributed by atoms with van der Waals surface area (Å²) in [6.07, 6.45) is 12.3. The Balaban J connectivity index is 0.000000821. The zero-order valence-corrected chi connectivity index (χ0v) is 18.4. The Morgan fingerprint density at radius 1 is 1.30 bits per heavy atom. The van der Waals surface area contributed by atoms with Crippen molar-refractivity contribution in [3.05, 3.63) is 23.8 Å². The molecule has 0 spiro atoms. The van der Waals surface area contributed by atoms with Crippen molar-refractivity contribution in [1.29, 1.82) is 0 Å². The monoisotopic (exact) mass is 380 g/mol. The van der Waals surface area contributed by atoms with Gasteiger partial charge in [-0.3, -0.25) is 9.59 Å². The van der Waals surface area contributed by atoms with E-state index in [0.29, 0.717) is 6.47 Å². The summed E-state index contributed by atoms with van der Waals surface area (Å²) in [5, 5.41) is 3.40. The molecule has 0 fully saturated rings. The van der Waals surface area contributed by atoms with Crippen molar-refractivity contribution in [2.24, 2.45) is 0 Å². The summed E-state index contributed by atoms with van der Waals surface area (Å²) < 4.78 is 4.55. The topological polar surface area (TPSA) is 58.6 Å². The molecule has 0 bridgehead atoms. The van der Waals surface area contributed by atoms with Gasteiger partial charge in [-0.15, -0.1) is 0 Å². The summed E-state index contributed by atoms with van der Waals surface area (Å²) in [7, 11) is 1.99. The van der Waals surface area contributed by atoms with Crippen LogP contribution >= 0.6 is 0 Å². The Morgan fingerprint density at radius 3 is 2.33 bits per heavy atom. The second-order valence-electron chi connectivity index (χ2n) is 8.37. The summed E-state index contributed by atoms with van der Waals surface area (Å²) in [6, 6.07) is 0. The first-order valence-corrected chi connectivity index (χ1v) is 9.98. The molecule has 1 N–H and O–H groups in total. The van der Waals surface area contributed by atoms with Gasteiger partial charge < -0.3 is 15.0 Å². The highest BCUT2D eigenvalue weighted by molar-refractivity contribution is 5.73. The number of ether oxygens (including phenoxy) is 1. The molecular weight excluding hydrogens is 340 g/mol. The standard InChI is InChI=1S/C17H30N2O.C5H10O2/c1-5-6-12-17(3,18-4)14-19(15(2)20)13-16-10-8-7-9-11-16;1-5(2,3)7-4-6/h8,10-11,18H,5-7,9,12-14H2,1-4H3;4H,1-3H3. The van der Waals surface area contributed by atoms with Crippen LogP contribution in [0.15, 0.2) is 23.8 Å². The molecule has 0 aromatic rings. The van der Waals surface area contributed by atoms with Crippen molar-refractivity contribution >= 4 is 12.4 Å². The van der Waals surface area contributed by atoms with Crippen molar-refractivity contribution in [2.75, 3.05) is 20.1 Å². The van der Waals surface area contributed by atoms with E-state index in [-0.39, 0.29) is 17.0 Å². The first-order chi connectivity index (χ1) is 12.6. The van der Waals surface area contributed by atoms with Crippen molar-refractivity contribution < 1.29 is 14.3 Å². The van der Waals surface area contributed by atoms with E-state index < -0.39 is 0 Å². The van der Waals surface area contributed by atoms with E-state index in [4.69, 9.17) is 0 Å². The minimum atomic E-state index is -0.318.